The maximum atomic E-state index is 14.7. The number of ether oxygens (including phenoxy) is 1. The second kappa shape index (κ2) is 10.7. The van der Waals surface area contributed by atoms with Gasteiger partial charge in [0.2, 0.25) is 0 Å². The Morgan fingerprint density at radius 2 is 1.85 bits per heavy atom. The molecule has 41 heavy (non-hydrogen) atoms. The molecule has 3 atom stereocenters. The van der Waals surface area contributed by atoms with Crippen LogP contribution in [0.4, 0.5) is 9.52 Å². The highest BCUT2D eigenvalue weighted by Gasteiger charge is 2.43. The van der Waals surface area contributed by atoms with Crippen LogP contribution in [-0.4, -0.2) is 39.4 Å². The van der Waals surface area contributed by atoms with Crippen molar-refractivity contribution in [3.8, 4) is 22.5 Å². The van der Waals surface area contributed by atoms with Crippen molar-refractivity contribution < 1.29 is 23.6 Å². The molecule has 2 bridgehead atoms. The molecule has 2 aromatic heterocycles. The van der Waals surface area contributed by atoms with Crippen LogP contribution in [-0.2, 0) is 11.3 Å². The van der Waals surface area contributed by atoms with Crippen LogP contribution in [0.3, 0.4) is 0 Å². The molecule has 0 spiro atoms. The molecule has 7 nitrogen and oxygen atoms in total. The van der Waals surface area contributed by atoms with E-state index in [2.05, 4.69) is 10.1 Å². The van der Waals surface area contributed by atoms with E-state index in [1.54, 1.807) is 12.1 Å². The zero-order valence-corrected chi connectivity index (χ0v) is 24.2. The van der Waals surface area contributed by atoms with Crippen molar-refractivity contribution in [1.82, 2.24) is 10.1 Å². The summed E-state index contributed by atoms with van der Waals surface area (Å²) in [5.41, 5.74) is 2.99. The molecule has 1 N–H and O–H groups in total. The van der Waals surface area contributed by atoms with Crippen molar-refractivity contribution in [2.75, 3.05) is 4.90 Å². The minimum absolute atomic E-state index is 0.0701. The molecule has 0 radical (unpaired) electrons. The summed E-state index contributed by atoms with van der Waals surface area (Å²) >= 11 is 14.5. The van der Waals surface area contributed by atoms with E-state index >= 15 is 0 Å². The van der Waals surface area contributed by atoms with Crippen LogP contribution in [0.1, 0.15) is 66.1 Å². The number of carbonyl (C=O) groups is 1. The molecule has 3 aliphatic rings. The van der Waals surface area contributed by atoms with Crippen LogP contribution >= 0.6 is 34.5 Å². The van der Waals surface area contributed by atoms with E-state index < -0.39 is 11.8 Å². The van der Waals surface area contributed by atoms with Crippen LogP contribution in [0, 0.1) is 5.82 Å². The van der Waals surface area contributed by atoms with Gasteiger partial charge in [0, 0.05) is 40.1 Å². The second-order valence-corrected chi connectivity index (χ2v) is 12.6. The van der Waals surface area contributed by atoms with E-state index in [0.29, 0.717) is 45.1 Å². The average molecular weight is 615 g/mol. The topological polar surface area (TPSA) is 88.7 Å². The van der Waals surface area contributed by atoms with E-state index in [4.69, 9.17) is 42.6 Å². The number of aromatic nitrogens is 2. The van der Waals surface area contributed by atoms with Gasteiger partial charge in [-0.1, -0.05) is 34.4 Å². The molecule has 2 saturated heterocycles. The lowest BCUT2D eigenvalue weighted by Crippen LogP contribution is -2.45. The fourth-order valence-corrected chi connectivity index (χ4v) is 7.73. The van der Waals surface area contributed by atoms with Crippen molar-refractivity contribution in [3.63, 3.8) is 0 Å². The Kier molecular flexibility index (Phi) is 7.01. The number of halogens is 3. The molecule has 11 heteroatoms. The molecular weight excluding hydrogens is 588 g/mol. The number of thiazole rings is 1. The van der Waals surface area contributed by atoms with Crippen LogP contribution in [0.2, 0.25) is 10.0 Å². The van der Waals surface area contributed by atoms with Gasteiger partial charge >= 0.3 is 5.97 Å². The Morgan fingerprint density at radius 1 is 1.12 bits per heavy atom. The molecular formula is C30H26Cl2FN3O4S. The summed E-state index contributed by atoms with van der Waals surface area (Å²) in [6.07, 6.45) is 6.03. The van der Waals surface area contributed by atoms with E-state index in [0.717, 1.165) is 61.0 Å². The number of rotatable bonds is 8. The van der Waals surface area contributed by atoms with Crippen molar-refractivity contribution in [2.45, 2.75) is 69.2 Å². The molecule has 1 saturated carbocycles. The lowest BCUT2D eigenvalue weighted by Gasteiger charge is -2.38. The molecule has 0 amide bonds. The minimum atomic E-state index is -1.16. The Hall–Kier alpha value is -2.98. The third-order valence-corrected chi connectivity index (χ3v) is 9.81. The normalized spacial score (nSPS) is 21.9. The lowest BCUT2D eigenvalue weighted by molar-refractivity contribution is 0.0147. The van der Waals surface area contributed by atoms with Gasteiger partial charge in [0.05, 0.1) is 34.0 Å². The summed E-state index contributed by atoms with van der Waals surface area (Å²) in [4.78, 5) is 18.3. The fourth-order valence-electron chi connectivity index (χ4n) is 6.19. The lowest BCUT2D eigenvalue weighted by atomic mass is 10.00. The summed E-state index contributed by atoms with van der Waals surface area (Å²) in [5, 5.41) is 17.3. The number of benzene rings is 2. The monoisotopic (exact) mass is 613 g/mol. The Labute approximate surface area is 249 Å². The molecule has 212 valence electrons. The number of fused-ring (bicyclic) bond motifs is 2. The second-order valence-electron chi connectivity index (χ2n) is 11.0. The average Bonchev–Trinajstić information content (AvgIpc) is 3.42. The molecule has 2 aliphatic heterocycles. The molecule has 2 aromatic carbocycles. The summed E-state index contributed by atoms with van der Waals surface area (Å²) in [6.45, 7) is 0.378. The molecule has 0 unspecified atom stereocenters. The van der Waals surface area contributed by atoms with Gasteiger partial charge in [0.1, 0.15) is 17.3 Å². The number of carboxylic acids is 1. The third-order valence-electron chi connectivity index (χ3n) is 8.32. The van der Waals surface area contributed by atoms with Gasteiger partial charge in [-0.3, -0.25) is 0 Å². The highest BCUT2D eigenvalue weighted by molar-refractivity contribution is 7.14. The van der Waals surface area contributed by atoms with Crippen LogP contribution in [0.15, 0.2) is 46.3 Å². The zero-order chi connectivity index (χ0) is 28.2. The molecule has 4 heterocycles. The van der Waals surface area contributed by atoms with Crippen molar-refractivity contribution in [3.05, 3.63) is 74.5 Å². The first-order valence-corrected chi connectivity index (χ1v) is 15.3. The van der Waals surface area contributed by atoms with Crippen molar-refractivity contribution in [2.24, 2.45) is 0 Å². The maximum Gasteiger partial charge on any atom is 0.335 e. The number of hydrogen-bond acceptors (Lipinski definition) is 7. The van der Waals surface area contributed by atoms with E-state index in [9.17, 15) is 9.18 Å². The summed E-state index contributed by atoms with van der Waals surface area (Å²) in [6, 6.07) is 9.90. The van der Waals surface area contributed by atoms with Gasteiger partial charge in [-0.15, -0.1) is 11.3 Å². The molecule has 7 rings (SSSR count). The third kappa shape index (κ3) is 5.03. The molecule has 1 aliphatic carbocycles. The molecule has 4 aromatic rings. The highest BCUT2D eigenvalue weighted by Crippen LogP contribution is 2.47. The number of anilines is 1. The number of hydrogen-bond donors (Lipinski definition) is 1. The highest BCUT2D eigenvalue weighted by atomic mass is 35.5. The van der Waals surface area contributed by atoms with Crippen molar-refractivity contribution in [1.29, 1.82) is 0 Å². The predicted molar refractivity (Wildman–Crippen MR) is 156 cm³/mol. The Balaban J connectivity index is 1.07. The smallest absolute Gasteiger partial charge is 0.335 e. The van der Waals surface area contributed by atoms with Gasteiger partial charge in [-0.05, 0) is 68.9 Å². The minimum Gasteiger partial charge on any atom is -0.478 e. The van der Waals surface area contributed by atoms with Gasteiger partial charge in [0.15, 0.2) is 5.13 Å². The number of piperidine rings is 1. The number of aromatic carboxylic acids is 1. The first-order valence-electron chi connectivity index (χ1n) is 13.7. The fraction of sp³-hybridized carbons (Fsp3) is 0.367. The quantitative estimate of drug-likeness (QED) is 0.214. The Bertz CT molecular complexity index is 1600. The predicted octanol–water partition coefficient (Wildman–Crippen LogP) is 8.20. The van der Waals surface area contributed by atoms with Crippen LogP contribution < -0.4 is 4.90 Å². The zero-order valence-electron chi connectivity index (χ0n) is 21.9. The van der Waals surface area contributed by atoms with Crippen molar-refractivity contribution >= 4 is 45.6 Å². The maximum absolute atomic E-state index is 14.7. The largest absolute Gasteiger partial charge is 0.478 e. The van der Waals surface area contributed by atoms with Gasteiger partial charge in [0.25, 0.3) is 0 Å². The van der Waals surface area contributed by atoms with Gasteiger partial charge < -0.3 is 19.3 Å². The summed E-state index contributed by atoms with van der Waals surface area (Å²) in [5.74, 6) is -0.518. The SMILES string of the molecule is O=C(O)c1ccc(-c2csc(N3[C@@H]4CC[C@H]3C[C@@H](OCc3c(-c5c(Cl)cccc5Cl)noc3C3CC3)C4)n2)c(F)c1. The first-order chi connectivity index (χ1) is 19.9. The van der Waals surface area contributed by atoms with E-state index in [-0.39, 0.29) is 23.8 Å². The number of nitrogens with zero attached hydrogens (tertiary/aromatic N) is 3. The van der Waals surface area contributed by atoms with E-state index in [1.165, 1.54) is 23.5 Å². The molecule has 3 fully saturated rings. The first kappa shape index (κ1) is 26.9. The van der Waals surface area contributed by atoms with Gasteiger partial charge in [-0.25, -0.2) is 14.2 Å². The van der Waals surface area contributed by atoms with Crippen LogP contribution in [0.5, 0.6) is 0 Å². The van der Waals surface area contributed by atoms with Crippen LogP contribution in [0.25, 0.3) is 22.5 Å². The summed E-state index contributed by atoms with van der Waals surface area (Å²) in [7, 11) is 0. The van der Waals surface area contributed by atoms with E-state index in [1.807, 2.05) is 11.4 Å². The van der Waals surface area contributed by atoms with Gasteiger partial charge in [-0.2, -0.15) is 0 Å². The Morgan fingerprint density at radius 3 is 2.51 bits per heavy atom. The standard InChI is InChI=1S/C30H26Cl2FN3O4S/c31-22-2-1-3-23(32)26(22)27-21(28(40-35-27)15-4-5-15)13-39-19-11-17-7-8-18(12-19)36(17)30-34-25(14-41-30)20-9-6-16(29(37)38)10-24(20)33/h1-3,6,9-10,14-15,17-19H,4-5,7-8,11-13H2,(H,37,38)/t17-,18+,19+. The number of carboxylic acid groups (broad SMARTS) is 1. The summed E-state index contributed by atoms with van der Waals surface area (Å²) < 4.78 is 27.0.